The van der Waals surface area contributed by atoms with Gasteiger partial charge in [0.05, 0.1) is 6.04 Å². The van der Waals surface area contributed by atoms with Crippen LogP contribution in [0.5, 0.6) is 0 Å². The molecule has 2 aliphatic rings. The van der Waals surface area contributed by atoms with Crippen LogP contribution in [0.25, 0.3) is 0 Å². The average molecular weight is 356 g/mol. The number of alkyl halides is 2. The largest absolute Gasteiger partial charge is 0.408 e. The molecule has 1 N–H and O–H groups in total. The lowest BCUT2D eigenvalue weighted by atomic mass is 9.97. The number of halogens is 2. The molecule has 1 aliphatic heterocycles. The van der Waals surface area contributed by atoms with Crippen LogP contribution in [0.4, 0.5) is 14.8 Å². The normalized spacial score (nSPS) is 29.2. The van der Waals surface area contributed by atoms with E-state index in [2.05, 4.69) is 15.5 Å². The van der Waals surface area contributed by atoms with E-state index >= 15 is 0 Å². The maximum atomic E-state index is 14.5. The molecule has 0 bridgehead atoms. The number of hydrogen-bond donors (Lipinski definition) is 1. The molecule has 2 heterocycles. The Hall–Kier alpha value is -1.73. The Morgan fingerprint density at radius 2 is 2.00 bits per heavy atom. The van der Waals surface area contributed by atoms with Crippen LogP contribution < -0.4 is 5.32 Å². The molecule has 3 atom stereocenters. The Labute approximate surface area is 146 Å². The summed E-state index contributed by atoms with van der Waals surface area (Å²) in [6, 6.07) is -1.12. The Balaban J connectivity index is 1.66. The van der Waals surface area contributed by atoms with Crippen molar-refractivity contribution in [2.45, 2.75) is 64.3 Å². The molecule has 1 amide bonds. The summed E-state index contributed by atoms with van der Waals surface area (Å²) in [5, 5.41) is 10.4. The minimum absolute atomic E-state index is 0.00481. The average Bonchev–Trinajstić information content (AvgIpc) is 3.07. The van der Waals surface area contributed by atoms with Crippen LogP contribution in [-0.2, 0) is 10.2 Å². The highest BCUT2D eigenvalue weighted by atomic mass is 19.3. The Morgan fingerprint density at radius 3 is 2.56 bits per heavy atom. The first-order valence-electron chi connectivity index (χ1n) is 8.85. The summed E-state index contributed by atoms with van der Waals surface area (Å²) in [5.74, 6) is -2.15. The van der Waals surface area contributed by atoms with Gasteiger partial charge in [0.25, 0.3) is 5.92 Å². The first kappa shape index (κ1) is 18.1. The second-order valence-electron chi connectivity index (χ2n) is 8.30. The summed E-state index contributed by atoms with van der Waals surface area (Å²) in [4.78, 5) is 13.9. The fourth-order valence-electron chi connectivity index (χ4n) is 3.10. The highest BCUT2D eigenvalue weighted by Crippen LogP contribution is 2.40. The zero-order chi connectivity index (χ0) is 18.4. The first-order chi connectivity index (χ1) is 11.6. The van der Waals surface area contributed by atoms with E-state index < -0.39 is 12.0 Å². The summed E-state index contributed by atoms with van der Waals surface area (Å²) in [6.45, 7) is 8.15. The van der Waals surface area contributed by atoms with Gasteiger partial charge in [-0.1, -0.05) is 32.8 Å². The smallest absolute Gasteiger partial charge is 0.315 e. The van der Waals surface area contributed by atoms with Crippen LogP contribution in [0.3, 0.4) is 0 Å². The van der Waals surface area contributed by atoms with Crippen molar-refractivity contribution in [1.29, 1.82) is 0 Å². The molecule has 6 nitrogen and oxygen atoms in total. The molecular formula is C17H26F2N4O2. The van der Waals surface area contributed by atoms with Crippen molar-refractivity contribution in [3.05, 3.63) is 5.89 Å². The molecular weight excluding hydrogens is 330 g/mol. The molecule has 1 saturated carbocycles. The molecule has 3 rings (SSSR count). The topological polar surface area (TPSA) is 71.3 Å². The van der Waals surface area contributed by atoms with Crippen LogP contribution in [0, 0.1) is 11.8 Å². The summed E-state index contributed by atoms with van der Waals surface area (Å²) < 4.78 is 34.5. The van der Waals surface area contributed by atoms with Crippen molar-refractivity contribution >= 4 is 11.9 Å². The zero-order valence-electron chi connectivity index (χ0n) is 15.2. The SMILES string of the molecule is C[C@H]1C[C@@H]1C(=O)N1CCC(Nc2nnc(C(C)(C)C)o2)C(F)(F)CC1. The van der Waals surface area contributed by atoms with Crippen LogP contribution in [0.2, 0.25) is 0 Å². The molecule has 1 unspecified atom stereocenters. The van der Waals surface area contributed by atoms with Gasteiger partial charge in [-0.3, -0.25) is 4.79 Å². The lowest BCUT2D eigenvalue weighted by molar-refractivity contribution is -0.133. The third kappa shape index (κ3) is 3.93. The quantitative estimate of drug-likeness (QED) is 0.901. The minimum atomic E-state index is -2.94. The summed E-state index contributed by atoms with van der Waals surface area (Å²) in [7, 11) is 0. The van der Waals surface area contributed by atoms with Crippen molar-refractivity contribution < 1.29 is 18.0 Å². The number of hydrogen-bond acceptors (Lipinski definition) is 5. The Kier molecular flexibility index (Phi) is 4.49. The van der Waals surface area contributed by atoms with Crippen LogP contribution >= 0.6 is 0 Å². The molecule has 1 aliphatic carbocycles. The highest BCUT2D eigenvalue weighted by molar-refractivity contribution is 5.81. The van der Waals surface area contributed by atoms with Gasteiger partial charge in [0.2, 0.25) is 11.8 Å². The van der Waals surface area contributed by atoms with Crippen molar-refractivity contribution in [3.63, 3.8) is 0 Å². The summed E-state index contributed by atoms with van der Waals surface area (Å²) in [5.41, 5.74) is -0.344. The van der Waals surface area contributed by atoms with E-state index in [-0.39, 0.29) is 42.6 Å². The number of nitrogens with one attached hydrogen (secondary N) is 1. The molecule has 0 radical (unpaired) electrons. The number of amides is 1. The highest BCUT2D eigenvalue weighted by Gasteiger charge is 2.46. The lowest BCUT2D eigenvalue weighted by Crippen LogP contribution is -2.39. The van der Waals surface area contributed by atoms with Crippen LogP contribution in [0.1, 0.15) is 52.8 Å². The van der Waals surface area contributed by atoms with Gasteiger partial charge in [-0.15, -0.1) is 5.10 Å². The molecule has 2 fully saturated rings. The molecule has 0 aromatic carbocycles. The van der Waals surface area contributed by atoms with E-state index in [1.54, 1.807) is 4.90 Å². The third-order valence-electron chi connectivity index (χ3n) is 5.02. The van der Waals surface area contributed by atoms with Crippen molar-refractivity contribution in [2.24, 2.45) is 11.8 Å². The molecule has 140 valence electrons. The van der Waals surface area contributed by atoms with Gasteiger partial charge >= 0.3 is 6.01 Å². The van der Waals surface area contributed by atoms with Gasteiger partial charge in [-0.05, 0) is 18.8 Å². The second kappa shape index (κ2) is 6.21. The van der Waals surface area contributed by atoms with E-state index in [4.69, 9.17) is 4.42 Å². The predicted octanol–water partition coefficient (Wildman–Crippen LogP) is 3.06. The van der Waals surface area contributed by atoms with Gasteiger partial charge in [-0.2, -0.15) is 0 Å². The Bertz CT molecular complexity index is 641. The van der Waals surface area contributed by atoms with E-state index in [1.807, 2.05) is 27.7 Å². The van der Waals surface area contributed by atoms with Crippen LogP contribution in [-0.4, -0.2) is 46.1 Å². The second-order valence-corrected chi connectivity index (χ2v) is 8.30. The number of anilines is 1. The van der Waals surface area contributed by atoms with Gasteiger partial charge in [0, 0.05) is 30.8 Å². The maximum Gasteiger partial charge on any atom is 0.315 e. The number of carbonyl (C=O) groups is 1. The number of rotatable bonds is 3. The van der Waals surface area contributed by atoms with Gasteiger partial charge in [0.1, 0.15) is 0 Å². The maximum absolute atomic E-state index is 14.5. The molecule has 1 saturated heterocycles. The van der Waals surface area contributed by atoms with E-state index in [0.29, 0.717) is 18.4 Å². The standard InChI is InChI=1S/C17H26F2N4O2/c1-10-9-11(10)13(24)23-7-5-12(17(18,19)6-8-23)20-15-22-21-14(25-15)16(2,3)4/h10-12H,5-9H2,1-4H3,(H,20,22)/t10-,11-,12?/m0/s1. The molecule has 1 aromatic rings. The zero-order valence-corrected chi connectivity index (χ0v) is 15.2. The minimum Gasteiger partial charge on any atom is -0.408 e. The summed E-state index contributed by atoms with van der Waals surface area (Å²) >= 11 is 0. The van der Waals surface area contributed by atoms with Gasteiger partial charge in [0.15, 0.2) is 0 Å². The van der Waals surface area contributed by atoms with Crippen molar-refractivity contribution in [2.75, 3.05) is 18.4 Å². The predicted molar refractivity (Wildman–Crippen MR) is 88.4 cm³/mol. The van der Waals surface area contributed by atoms with Gasteiger partial charge in [-0.25, -0.2) is 8.78 Å². The first-order valence-corrected chi connectivity index (χ1v) is 8.85. The van der Waals surface area contributed by atoms with E-state index in [1.165, 1.54) is 0 Å². The molecule has 25 heavy (non-hydrogen) atoms. The number of carbonyl (C=O) groups excluding carboxylic acids is 1. The molecule has 8 heteroatoms. The number of aromatic nitrogens is 2. The molecule has 1 aromatic heterocycles. The van der Waals surface area contributed by atoms with Crippen molar-refractivity contribution in [3.8, 4) is 0 Å². The van der Waals surface area contributed by atoms with E-state index in [9.17, 15) is 13.6 Å². The third-order valence-corrected chi connectivity index (χ3v) is 5.02. The van der Waals surface area contributed by atoms with Gasteiger partial charge < -0.3 is 14.6 Å². The number of nitrogens with zero attached hydrogens (tertiary/aromatic N) is 3. The van der Waals surface area contributed by atoms with Crippen LogP contribution in [0.15, 0.2) is 4.42 Å². The Morgan fingerprint density at radius 1 is 1.32 bits per heavy atom. The fraction of sp³-hybridized carbons (Fsp3) is 0.824. The monoisotopic (exact) mass is 356 g/mol. The summed E-state index contributed by atoms with van der Waals surface area (Å²) in [6.07, 6.45) is 0.649. The molecule has 0 spiro atoms. The fourth-order valence-corrected chi connectivity index (χ4v) is 3.10. The van der Waals surface area contributed by atoms with E-state index in [0.717, 1.165) is 6.42 Å². The lowest BCUT2D eigenvalue weighted by Gasteiger charge is -2.24. The van der Waals surface area contributed by atoms with Crippen molar-refractivity contribution in [1.82, 2.24) is 15.1 Å². The number of likely N-dealkylation sites (tertiary alicyclic amines) is 1.